The molecular formula is C42H35IrN3OS-2. The number of hydrogen-bond donors (Lipinski definition) is 0. The molecule has 0 saturated heterocycles. The molecule has 8 rings (SSSR count). The number of thiazole rings is 1. The summed E-state index contributed by atoms with van der Waals surface area (Å²) in [4.78, 5) is 13.8. The third-order valence-corrected chi connectivity index (χ3v) is 9.35. The first-order chi connectivity index (χ1) is 22.7. The molecule has 8 aromatic rings. The number of hydrogen-bond acceptors (Lipinski definition) is 5. The van der Waals surface area contributed by atoms with E-state index >= 15 is 0 Å². The third kappa shape index (κ3) is 6.49. The average Bonchev–Trinajstić information content (AvgIpc) is 3.62. The van der Waals surface area contributed by atoms with Gasteiger partial charge in [0.1, 0.15) is 5.58 Å². The van der Waals surface area contributed by atoms with Gasteiger partial charge in [-0.2, -0.15) is 0 Å². The molecule has 4 nitrogen and oxygen atoms in total. The summed E-state index contributed by atoms with van der Waals surface area (Å²) in [6.07, 6.45) is 3.82. The topological polar surface area (TPSA) is 51.8 Å². The minimum Gasteiger partial charge on any atom is -0.501 e. The zero-order valence-electron chi connectivity index (χ0n) is 27.8. The summed E-state index contributed by atoms with van der Waals surface area (Å²) < 4.78 is 7.62. The summed E-state index contributed by atoms with van der Waals surface area (Å²) in [6.45, 7) is 13.1. The van der Waals surface area contributed by atoms with Gasteiger partial charge in [-0.15, -0.1) is 65.4 Å². The van der Waals surface area contributed by atoms with E-state index < -0.39 is 0 Å². The third-order valence-electron chi connectivity index (χ3n) is 8.42. The SMILES string of the molecule is Cc1nc2cc3oc4c(-c5cc(-c6c(C)cccc6C)c(C(C)(C)C)cn5)[c-]ccc4c3cc2s1.[Ir].[c-]1ccccc1-c1ccccn1. The molecule has 6 heteroatoms. The Morgan fingerprint density at radius 1 is 0.750 bits per heavy atom. The van der Waals surface area contributed by atoms with Gasteiger partial charge in [0.15, 0.2) is 0 Å². The summed E-state index contributed by atoms with van der Waals surface area (Å²) in [7, 11) is 0. The van der Waals surface area contributed by atoms with E-state index in [1.54, 1.807) is 17.5 Å². The molecule has 1 radical (unpaired) electrons. The quantitative estimate of drug-likeness (QED) is 0.167. The van der Waals surface area contributed by atoms with Crippen LogP contribution >= 0.6 is 11.3 Å². The van der Waals surface area contributed by atoms with E-state index in [4.69, 9.17) is 9.40 Å². The van der Waals surface area contributed by atoms with Crippen LogP contribution in [-0.2, 0) is 25.5 Å². The van der Waals surface area contributed by atoms with Crippen molar-refractivity contribution in [2.75, 3.05) is 0 Å². The molecule has 0 aliphatic heterocycles. The van der Waals surface area contributed by atoms with Gasteiger partial charge in [-0.1, -0.05) is 68.1 Å². The van der Waals surface area contributed by atoms with Gasteiger partial charge in [0.2, 0.25) is 0 Å². The molecule has 4 aromatic carbocycles. The second kappa shape index (κ2) is 13.6. The summed E-state index contributed by atoms with van der Waals surface area (Å²) >= 11 is 1.71. The van der Waals surface area contributed by atoms with Crippen molar-refractivity contribution in [1.82, 2.24) is 15.0 Å². The van der Waals surface area contributed by atoms with E-state index in [0.717, 1.165) is 55.0 Å². The van der Waals surface area contributed by atoms with Gasteiger partial charge in [0.05, 0.1) is 20.8 Å². The Labute approximate surface area is 299 Å². The predicted octanol–water partition coefficient (Wildman–Crippen LogP) is 11.5. The Morgan fingerprint density at radius 3 is 2.25 bits per heavy atom. The second-order valence-electron chi connectivity index (χ2n) is 12.9. The van der Waals surface area contributed by atoms with Crippen LogP contribution in [0.1, 0.15) is 42.5 Å². The number of fused-ring (bicyclic) bond motifs is 4. The van der Waals surface area contributed by atoms with Crippen LogP contribution in [0.3, 0.4) is 0 Å². The first kappa shape index (κ1) is 33.4. The number of pyridine rings is 2. The van der Waals surface area contributed by atoms with Gasteiger partial charge in [-0.25, -0.2) is 4.98 Å². The van der Waals surface area contributed by atoms with Gasteiger partial charge >= 0.3 is 0 Å². The minimum atomic E-state index is -0.0401. The van der Waals surface area contributed by atoms with Crippen molar-refractivity contribution in [2.24, 2.45) is 0 Å². The van der Waals surface area contributed by atoms with E-state index in [0.29, 0.717) is 0 Å². The molecular weight excluding hydrogens is 787 g/mol. The molecule has 0 aliphatic carbocycles. The molecule has 48 heavy (non-hydrogen) atoms. The molecule has 4 aromatic heterocycles. The van der Waals surface area contributed by atoms with Gasteiger partial charge < -0.3 is 14.4 Å². The van der Waals surface area contributed by atoms with Crippen LogP contribution in [0, 0.1) is 32.9 Å². The smallest absolute Gasteiger partial charge is 0.123 e. The molecule has 4 heterocycles. The predicted molar refractivity (Wildman–Crippen MR) is 196 cm³/mol. The molecule has 0 unspecified atom stereocenters. The second-order valence-corrected chi connectivity index (χ2v) is 14.1. The van der Waals surface area contributed by atoms with Crippen LogP contribution in [0.25, 0.3) is 65.8 Å². The van der Waals surface area contributed by atoms with E-state index in [2.05, 4.69) is 99.2 Å². The molecule has 0 spiro atoms. The number of furan rings is 1. The number of aryl methyl sites for hydroxylation is 3. The van der Waals surface area contributed by atoms with Gasteiger partial charge in [-0.05, 0) is 77.5 Å². The van der Waals surface area contributed by atoms with Crippen molar-refractivity contribution in [3.05, 3.63) is 137 Å². The minimum absolute atomic E-state index is 0. The van der Waals surface area contributed by atoms with E-state index in [-0.39, 0.29) is 25.5 Å². The van der Waals surface area contributed by atoms with Crippen molar-refractivity contribution < 1.29 is 24.5 Å². The van der Waals surface area contributed by atoms with Crippen molar-refractivity contribution in [3.8, 4) is 33.6 Å². The van der Waals surface area contributed by atoms with Crippen LogP contribution in [0.15, 0.2) is 108 Å². The fraction of sp³-hybridized carbons (Fsp3) is 0.167. The van der Waals surface area contributed by atoms with Gasteiger partial charge in [0, 0.05) is 44.0 Å². The first-order valence-corrected chi connectivity index (χ1v) is 16.6. The normalized spacial score (nSPS) is 11.4. The van der Waals surface area contributed by atoms with Crippen LogP contribution in [-0.4, -0.2) is 15.0 Å². The Balaban J connectivity index is 0.000000260. The molecule has 0 N–H and O–H groups in total. The molecule has 0 amide bonds. The molecule has 0 bridgehead atoms. The van der Waals surface area contributed by atoms with E-state index in [1.807, 2.05) is 61.7 Å². The van der Waals surface area contributed by atoms with Crippen molar-refractivity contribution >= 4 is 43.5 Å². The Bertz CT molecular complexity index is 2310. The molecule has 0 aliphatic rings. The Morgan fingerprint density at radius 2 is 1.54 bits per heavy atom. The fourth-order valence-electron chi connectivity index (χ4n) is 6.18. The Hall–Kier alpha value is -4.48. The van der Waals surface area contributed by atoms with E-state index in [1.165, 1.54) is 32.5 Å². The number of aromatic nitrogens is 3. The van der Waals surface area contributed by atoms with Crippen LogP contribution in [0.4, 0.5) is 0 Å². The fourth-order valence-corrected chi connectivity index (χ4v) is 7.03. The number of nitrogens with zero attached hydrogens (tertiary/aromatic N) is 3. The summed E-state index contributed by atoms with van der Waals surface area (Å²) in [5, 5.41) is 3.25. The first-order valence-electron chi connectivity index (χ1n) is 15.8. The van der Waals surface area contributed by atoms with Crippen molar-refractivity contribution in [2.45, 2.75) is 47.0 Å². The number of rotatable bonds is 3. The zero-order chi connectivity index (χ0) is 32.7. The summed E-state index contributed by atoms with van der Waals surface area (Å²) in [5.74, 6) is 0. The molecule has 0 saturated carbocycles. The van der Waals surface area contributed by atoms with Crippen molar-refractivity contribution in [3.63, 3.8) is 0 Å². The summed E-state index contributed by atoms with van der Waals surface area (Å²) in [6, 6.07) is 37.3. The largest absolute Gasteiger partial charge is 0.501 e. The standard InChI is InChI=1S/C31H27N2OS.C11H8N.Ir/c1-17-9-7-10-18(2)29(17)23-13-25(32-16-24(23)31(4,5)6)21-12-8-11-20-22-14-28-26(33-19(3)35-28)15-27(22)34-30(20)21;1-2-6-10(7-3-1)11-8-4-5-9-12-11;/h7-11,13-16H,1-6H3;1-6,8-9H;/q2*-1;. The van der Waals surface area contributed by atoms with Gasteiger partial charge in [0.25, 0.3) is 0 Å². The van der Waals surface area contributed by atoms with Crippen molar-refractivity contribution in [1.29, 1.82) is 0 Å². The average molecular weight is 822 g/mol. The number of benzene rings is 4. The summed E-state index contributed by atoms with van der Waals surface area (Å²) in [5.41, 5.74) is 12.6. The molecule has 0 atom stereocenters. The van der Waals surface area contributed by atoms with Crippen LogP contribution in [0.5, 0.6) is 0 Å². The maximum absolute atomic E-state index is 6.44. The Kier molecular flexibility index (Phi) is 9.44. The monoisotopic (exact) mass is 822 g/mol. The van der Waals surface area contributed by atoms with Crippen LogP contribution in [0.2, 0.25) is 0 Å². The maximum atomic E-state index is 6.44. The van der Waals surface area contributed by atoms with Gasteiger partial charge in [-0.3, -0.25) is 0 Å². The molecule has 241 valence electrons. The zero-order valence-corrected chi connectivity index (χ0v) is 31.0. The van der Waals surface area contributed by atoms with Crippen LogP contribution < -0.4 is 0 Å². The van der Waals surface area contributed by atoms with E-state index in [9.17, 15) is 0 Å². The molecule has 0 fully saturated rings. The maximum Gasteiger partial charge on any atom is 0.123 e.